The quantitative estimate of drug-likeness (QED) is 0.550. The van der Waals surface area contributed by atoms with Crippen molar-refractivity contribution in [2.75, 3.05) is 6.54 Å². The van der Waals surface area contributed by atoms with Crippen LogP contribution in [0.4, 0.5) is 0 Å². The van der Waals surface area contributed by atoms with E-state index < -0.39 is 10.0 Å². The second-order valence-electron chi connectivity index (χ2n) is 2.78. The van der Waals surface area contributed by atoms with Gasteiger partial charge in [0.1, 0.15) is 5.76 Å². The van der Waals surface area contributed by atoms with Gasteiger partial charge < -0.3 is 10.2 Å². The summed E-state index contributed by atoms with van der Waals surface area (Å²) in [7, 11) is -3.59. The Hall–Kier alpha value is -1.29. The third-order valence-corrected chi connectivity index (χ3v) is 3.00. The van der Waals surface area contributed by atoms with Crippen molar-refractivity contribution in [3.63, 3.8) is 0 Å². The number of nitrogens with two attached hydrogens (primary N) is 1. The first-order valence-corrected chi connectivity index (χ1v) is 5.80. The minimum Gasteiger partial charge on any atom is -0.447 e. The summed E-state index contributed by atoms with van der Waals surface area (Å²) < 4.78 is 30.4. The Kier molecular flexibility index (Phi) is 3.91. The van der Waals surface area contributed by atoms with Crippen LogP contribution in [0.5, 0.6) is 0 Å². The molecule has 5 nitrogen and oxygen atoms in total. The monoisotopic (exact) mass is 228 g/mol. The van der Waals surface area contributed by atoms with Gasteiger partial charge in [-0.1, -0.05) is 0 Å². The highest BCUT2D eigenvalue weighted by Crippen LogP contribution is 2.12. The molecule has 0 saturated carbocycles. The molecule has 0 radical (unpaired) electrons. The van der Waals surface area contributed by atoms with Gasteiger partial charge >= 0.3 is 0 Å². The number of hydrogen-bond acceptors (Lipinski definition) is 4. The van der Waals surface area contributed by atoms with Gasteiger partial charge in [0.25, 0.3) is 10.0 Å². The van der Waals surface area contributed by atoms with Gasteiger partial charge in [0.2, 0.25) is 5.09 Å². The summed E-state index contributed by atoms with van der Waals surface area (Å²) in [6, 6.07) is 2.89. The molecule has 0 spiro atoms. The fourth-order valence-corrected chi connectivity index (χ4v) is 1.92. The van der Waals surface area contributed by atoms with Crippen LogP contribution < -0.4 is 10.5 Å². The Bertz CT molecular complexity index is 456. The molecule has 1 aromatic rings. The number of furan rings is 1. The lowest BCUT2D eigenvalue weighted by atomic mass is 10.5. The molecule has 0 unspecified atom stereocenters. The molecule has 0 atom stereocenters. The molecule has 1 heterocycles. The normalized spacial score (nSPS) is 11.2. The summed E-state index contributed by atoms with van der Waals surface area (Å²) in [5, 5.41) is -0.139. The van der Waals surface area contributed by atoms with Gasteiger partial charge in [-0.15, -0.1) is 12.3 Å². The van der Waals surface area contributed by atoms with Gasteiger partial charge in [0, 0.05) is 13.0 Å². The lowest BCUT2D eigenvalue weighted by Gasteiger charge is -2.00. The van der Waals surface area contributed by atoms with Crippen molar-refractivity contribution >= 4 is 10.0 Å². The molecule has 0 bridgehead atoms. The average Bonchev–Trinajstić information content (AvgIpc) is 2.66. The van der Waals surface area contributed by atoms with Crippen molar-refractivity contribution in [2.24, 2.45) is 5.73 Å². The summed E-state index contributed by atoms with van der Waals surface area (Å²) in [5.74, 6) is 2.75. The molecule has 0 fully saturated rings. The lowest BCUT2D eigenvalue weighted by Crippen LogP contribution is -2.24. The molecular weight excluding hydrogens is 216 g/mol. The maximum Gasteiger partial charge on any atom is 0.273 e. The molecule has 0 aliphatic rings. The smallest absolute Gasteiger partial charge is 0.273 e. The first kappa shape index (κ1) is 11.8. The van der Waals surface area contributed by atoms with E-state index in [2.05, 4.69) is 10.6 Å². The van der Waals surface area contributed by atoms with Crippen molar-refractivity contribution in [3.05, 3.63) is 17.9 Å². The van der Waals surface area contributed by atoms with Crippen LogP contribution in [0.2, 0.25) is 0 Å². The summed E-state index contributed by atoms with van der Waals surface area (Å²) in [4.78, 5) is 0. The summed E-state index contributed by atoms with van der Waals surface area (Å²) in [6.07, 6.45) is 5.33. The highest BCUT2D eigenvalue weighted by Gasteiger charge is 2.17. The number of terminal acetylenes is 1. The van der Waals surface area contributed by atoms with Crippen LogP contribution in [0.15, 0.2) is 21.6 Å². The molecule has 15 heavy (non-hydrogen) atoms. The summed E-state index contributed by atoms with van der Waals surface area (Å²) in [6.45, 7) is 0.358. The molecule has 0 amide bonds. The molecule has 1 aromatic heterocycles. The SMILES string of the molecule is C#CCCNS(=O)(=O)c1ccc(CN)o1. The lowest BCUT2D eigenvalue weighted by molar-refractivity contribution is 0.413. The minimum absolute atomic E-state index is 0.139. The second kappa shape index (κ2) is 4.98. The van der Waals surface area contributed by atoms with E-state index in [9.17, 15) is 8.42 Å². The third-order valence-electron chi connectivity index (χ3n) is 1.66. The number of sulfonamides is 1. The highest BCUT2D eigenvalue weighted by atomic mass is 32.2. The topological polar surface area (TPSA) is 85.3 Å². The predicted octanol–water partition coefficient (Wildman–Crippen LogP) is 0.0399. The van der Waals surface area contributed by atoms with Crippen LogP contribution in [-0.2, 0) is 16.6 Å². The van der Waals surface area contributed by atoms with Gasteiger partial charge in [-0.2, -0.15) is 0 Å². The van der Waals surface area contributed by atoms with Crippen LogP contribution in [-0.4, -0.2) is 15.0 Å². The average molecular weight is 228 g/mol. The number of nitrogens with one attached hydrogen (secondary N) is 1. The molecule has 0 aliphatic heterocycles. The van der Waals surface area contributed by atoms with Gasteiger partial charge in [0.15, 0.2) is 0 Å². The third kappa shape index (κ3) is 3.09. The van der Waals surface area contributed by atoms with Crippen LogP contribution in [0.25, 0.3) is 0 Å². The minimum atomic E-state index is -3.59. The van der Waals surface area contributed by atoms with E-state index in [4.69, 9.17) is 16.6 Å². The highest BCUT2D eigenvalue weighted by molar-refractivity contribution is 7.89. The van der Waals surface area contributed by atoms with E-state index >= 15 is 0 Å². The molecular formula is C9H12N2O3S. The van der Waals surface area contributed by atoms with E-state index in [-0.39, 0.29) is 18.2 Å². The van der Waals surface area contributed by atoms with Gasteiger partial charge in [0.05, 0.1) is 6.54 Å². The van der Waals surface area contributed by atoms with Gasteiger partial charge in [-0.3, -0.25) is 0 Å². The Balaban J connectivity index is 2.74. The number of rotatable bonds is 5. The maximum absolute atomic E-state index is 11.5. The first-order chi connectivity index (χ1) is 7.10. The van der Waals surface area contributed by atoms with E-state index in [1.165, 1.54) is 12.1 Å². The Morgan fingerprint density at radius 2 is 2.27 bits per heavy atom. The van der Waals surface area contributed by atoms with Gasteiger partial charge in [-0.25, -0.2) is 13.1 Å². The summed E-state index contributed by atoms with van der Waals surface area (Å²) in [5.41, 5.74) is 5.29. The van der Waals surface area contributed by atoms with Crippen molar-refractivity contribution in [2.45, 2.75) is 18.1 Å². The van der Waals surface area contributed by atoms with Crippen LogP contribution in [0.3, 0.4) is 0 Å². The van der Waals surface area contributed by atoms with Crippen molar-refractivity contribution in [1.82, 2.24) is 4.72 Å². The molecule has 6 heteroatoms. The molecule has 82 valence electrons. The molecule has 0 aromatic carbocycles. The van der Waals surface area contributed by atoms with E-state index in [1.807, 2.05) is 0 Å². The van der Waals surface area contributed by atoms with Crippen LogP contribution in [0.1, 0.15) is 12.2 Å². The largest absolute Gasteiger partial charge is 0.447 e. The second-order valence-corrected chi connectivity index (χ2v) is 4.47. The number of hydrogen-bond donors (Lipinski definition) is 2. The Labute approximate surface area is 88.7 Å². The van der Waals surface area contributed by atoms with E-state index in [0.29, 0.717) is 12.2 Å². The molecule has 0 aliphatic carbocycles. The fourth-order valence-electron chi connectivity index (χ4n) is 0.941. The fraction of sp³-hybridized carbons (Fsp3) is 0.333. The summed E-state index contributed by atoms with van der Waals surface area (Å²) >= 11 is 0. The Morgan fingerprint density at radius 3 is 2.80 bits per heavy atom. The first-order valence-electron chi connectivity index (χ1n) is 4.32. The Morgan fingerprint density at radius 1 is 1.53 bits per heavy atom. The predicted molar refractivity (Wildman–Crippen MR) is 55.2 cm³/mol. The van der Waals surface area contributed by atoms with Gasteiger partial charge in [-0.05, 0) is 12.1 Å². The van der Waals surface area contributed by atoms with Crippen molar-refractivity contribution in [1.29, 1.82) is 0 Å². The molecule has 0 saturated heterocycles. The standard InChI is InChI=1S/C9H12N2O3S/c1-2-3-6-11-15(12,13)9-5-4-8(7-10)14-9/h1,4-5,11H,3,6-7,10H2. The van der Waals surface area contributed by atoms with E-state index in [1.54, 1.807) is 0 Å². The molecule has 1 rings (SSSR count). The van der Waals surface area contributed by atoms with E-state index in [0.717, 1.165) is 0 Å². The zero-order valence-corrected chi connectivity index (χ0v) is 8.88. The van der Waals surface area contributed by atoms with Crippen molar-refractivity contribution < 1.29 is 12.8 Å². The van der Waals surface area contributed by atoms with Crippen molar-refractivity contribution in [3.8, 4) is 12.3 Å². The zero-order valence-electron chi connectivity index (χ0n) is 8.06. The maximum atomic E-state index is 11.5. The zero-order chi connectivity index (χ0) is 11.3. The molecule has 3 N–H and O–H groups in total. The van der Waals surface area contributed by atoms with Crippen LogP contribution >= 0.6 is 0 Å². The van der Waals surface area contributed by atoms with Crippen LogP contribution in [0, 0.1) is 12.3 Å².